The quantitative estimate of drug-likeness (QED) is 0.789. The third-order valence-electron chi connectivity index (χ3n) is 4.66. The number of piperidine rings is 1. The highest BCUT2D eigenvalue weighted by atomic mass is 16.1. The third-order valence-corrected chi connectivity index (χ3v) is 4.66. The molecule has 2 aromatic rings. The largest absolute Gasteiger partial charge is 0.351 e. The van der Waals surface area contributed by atoms with Crippen molar-refractivity contribution >= 4 is 16.8 Å². The van der Waals surface area contributed by atoms with E-state index in [2.05, 4.69) is 36.3 Å². The van der Waals surface area contributed by atoms with Gasteiger partial charge in [-0.15, -0.1) is 0 Å². The first-order valence-electron chi connectivity index (χ1n) is 8.35. The molecule has 0 spiro atoms. The number of fused-ring (bicyclic) bond motifs is 1. The van der Waals surface area contributed by atoms with E-state index in [1.54, 1.807) is 4.90 Å². The van der Waals surface area contributed by atoms with Crippen LogP contribution in [0.5, 0.6) is 0 Å². The van der Waals surface area contributed by atoms with Gasteiger partial charge in [0.15, 0.2) is 0 Å². The van der Waals surface area contributed by atoms with Gasteiger partial charge in [-0.3, -0.25) is 4.79 Å². The Morgan fingerprint density at radius 3 is 2.73 bits per heavy atom. The molecule has 1 aromatic carbocycles. The number of benzene rings is 1. The molecule has 1 fully saturated rings. The topological polar surface area (TPSA) is 49.3 Å². The van der Waals surface area contributed by atoms with Gasteiger partial charge in [0.2, 0.25) is 0 Å². The lowest BCUT2D eigenvalue weighted by molar-refractivity contribution is -0.903. The predicted molar refractivity (Wildman–Crippen MR) is 89.5 cm³/mol. The Morgan fingerprint density at radius 1 is 1.18 bits per heavy atom. The van der Waals surface area contributed by atoms with Gasteiger partial charge in [0.25, 0.3) is 5.91 Å². The Balaban J connectivity index is 1.61. The van der Waals surface area contributed by atoms with Gasteiger partial charge in [-0.1, -0.05) is 6.07 Å². The molecule has 3 rings (SSSR count). The van der Waals surface area contributed by atoms with E-state index < -0.39 is 0 Å². The highest BCUT2D eigenvalue weighted by molar-refractivity contribution is 5.98. The summed E-state index contributed by atoms with van der Waals surface area (Å²) in [6, 6.07) is 6.21. The van der Waals surface area contributed by atoms with Crippen LogP contribution in [0.3, 0.4) is 0 Å². The molecule has 22 heavy (non-hydrogen) atoms. The van der Waals surface area contributed by atoms with Gasteiger partial charge in [-0.25, -0.2) is 0 Å². The van der Waals surface area contributed by atoms with E-state index in [1.165, 1.54) is 43.5 Å². The molecule has 0 unspecified atom stereocenters. The van der Waals surface area contributed by atoms with Crippen LogP contribution in [0.1, 0.15) is 40.9 Å². The maximum Gasteiger partial charge on any atom is 0.267 e. The first kappa shape index (κ1) is 15.1. The summed E-state index contributed by atoms with van der Waals surface area (Å²) in [4.78, 5) is 17.2. The number of aromatic amines is 1. The summed E-state index contributed by atoms with van der Waals surface area (Å²) < 4.78 is 0. The van der Waals surface area contributed by atoms with E-state index in [0.29, 0.717) is 5.69 Å². The van der Waals surface area contributed by atoms with Crippen molar-refractivity contribution < 1.29 is 9.69 Å². The van der Waals surface area contributed by atoms with E-state index in [4.69, 9.17) is 0 Å². The number of rotatable bonds is 4. The maximum absolute atomic E-state index is 12.3. The second-order valence-corrected chi connectivity index (χ2v) is 6.54. The van der Waals surface area contributed by atoms with Crippen molar-refractivity contribution in [3.8, 4) is 0 Å². The second-order valence-electron chi connectivity index (χ2n) is 6.54. The van der Waals surface area contributed by atoms with Gasteiger partial charge in [-0.05, 0) is 56.4 Å². The summed E-state index contributed by atoms with van der Waals surface area (Å²) in [5.41, 5.74) is 4.14. The standard InChI is InChI=1S/C18H25N3O/c1-13-10-14(2)15-12-17(20-16(15)11-13)18(22)19-6-9-21-7-4-3-5-8-21/h10-12,20H,3-9H2,1-2H3,(H,19,22)/p+1. The van der Waals surface area contributed by atoms with Crippen LogP contribution in [-0.4, -0.2) is 37.1 Å². The fraction of sp³-hybridized carbons (Fsp3) is 0.500. The summed E-state index contributed by atoms with van der Waals surface area (Å²) in [6.07, 6.45) is 4.01. The van der Waals surface area contributed by atoms with Crippen molar-refractivity contribution in [2.45, 2.75) is 33.1 Å². The second kappa shape index (κ2) is 6.53. The van der Waals surface area contributed by atoms with Crippen LogP contribution in [0.25, 0.3) is 10.9 Å². The summed E-state index contributed by atoms with van der Waals surface area (Å²) in [5, 5.41) is 4.19. The molecular weight excluding hydrogens is 274 g/mol. The van der Waals surface area contributed by atoms with Gasteiger partial charge < -0.3 is 15.2 Å². The van der Waals surface area contributed by atoms with Crippen molar-refractivity contribution in [2.24, 2.45) is 0 Å². The Kier molecular flexibility index (Phi) is 4.48. The molecule has 0 saturated carbocycles. The molecule has 3 N–H and O–H groups in total. The van der Waals surface area contributed by atoms with Crippen LogP contribution in [0.2, 0.25) is 0 Å². The molecule has 0 bridgehead atoms. The minimum absolute atomic E-state index is 0.00432. The molecule has 118 valence electrons. The lowest BCUT2D eigenvalue weighted by Crippen LogP contribution is -3.13. The number of aromatic nitrogens is 1. The third kappa shape index (κ3) is 3.33. The van der Waals surface area contributed by atoms with Crippen LogP contribution in [-0.2, 0) is 0 Å². The first-order chi connectivity index (χ1) is 10.6. The molecule has 1 aliphatic heterocycles. The van der Waals surface area contributed by atoms with Gasteiger partial charge in [-0.2, -0.15) is 0 Å². The van der Waals surface area contributed by atoms with Crippen molar-refractivity contribution in [3.63, 3.8) is 0 Å². The zero-order chi connectivity index (χ0) is 15.5. The fourth-order valence-electron chi connectivity index (χ4n) is 3.47. The van der Waals surface area contributed by atoms with Crippen LogP contribution in [0, 0.1) is 13.8 Å². The lowest BCUT2D eigenvalue weighted by atomic mass is 10.1. The number of hydrogen-bond acceptors (Lipinski definition) is 1. The number of quaternary nitrogens is 1. The zero-order valence-corrected chi connectivity index (χ0v) is 13.6. The van der Waals surface area contributed by atoms with Gasteiger partial charge in [0, 0.05) is 10.9 Å². The zero-order valence-electron chi connectivity index (χ0n) is 13.6. The molecule has 0 aliphatic carbocycles. The highest BCUT2D eigenvalue weighted by Gasteiger charge is 2.14. The van der Waals surface area contributed by atoms with E-state index >= 15 is 0 Å². The molecular formula is C18H26N3O+. The van der Waals surface area contributed by atoms with Crippen LogP contribution >= 0.6 is 0 Å². The summed E-state index contributed by atoms with van der Waals surface area (Å²) in [6.45, 7) is 8.45. The average Bonchev–Trinajstić information content (AvgIpc) is 2.92. The molecule has 1 aromatic heterocycles. The van der Waals surface area contributed by atoms with Crippen LogP contribution < -0.4 is 10.2 Å². The Bertz CT molecular complexity index is 668. The number of likely N-dealkylation sites (tertiary alicyclic amines) is 1. The molecule has 1 aliphatic rings. The number of hydrogen-bond donors (Lipinski definition) is 3. The van der Waals surface area contributed by atoms with Crippen molar-refractivity contribution in [2.75, 3.05) is 26.2 Å². The van der Waals surface area contributed by atoms with E-state index in [-0.39, 0.29) is 5.91 Å². The van der Waals surface area contributed by atoms with Crippen LogP contribution in [0.4, 0.5) is 0 Å². The minimum atomic E-state index is 0.00432. The number of H-pyrrole nitrogens is 1. The van der Waals surface area contributed by atoms with E-state index in [1.807, 2.05) is 6.07 Å². The maximum atomic E-state index is 12.3. The number of carbonyl (C=O) groups excluding carboxylic acids is 1. The summed E-state index contributed by atoms with van der Waals surface area (Å²) in [5.74, 6) is 0.00432. The normalized spacial score (nSPS) is 16.1. The molecule has 4 heteroatoms. The minimum Gasteiger partial charge on any atom is -0.351 e. The summed E-state index contributed by atoms with van der Waals surface area (Å²) in [7, 11) is 0. The number of nitrogens with one attached hydrogen (secondary N) is 3. The van der Waals surface area contributed by atoms with Gasteiger partial charge >= 0.3 is 0 Å². The molecule has 1 saturated heterocycles. The van der Waals surface area contributed by atoms with Crippen molar-refractivity contribution in [1.29, 1.82) is 0 Å². The molecule has 2 heterocycles. The Labute approximate surface area is 131 Å². The predicted octanol–water partition coefficient (Wildman–Crippen LogP) is 1.58. The van der Waals surface area contributed by atoms with Crippen molar-refractivity contribution in [3.05, 3.63) is 35.0 Å². The van der Waals surface area contributed by atoms with Gasteiger partial charge in [0.05, 0.1) is 26.2 Å². The Morgan fingerprint density at radius 2 is 1.95 bits per heavy atom. The first-order valence-corrected chi connectivity index (χ1v) is 8.35. The van der Waals surface area contributed by atoms with Crippen molar-refractivity contribution in [1.82, 2.24) is 10.3 Å². The molecule has 0 atom stereocenters. The average molecular weight is 300 g/mol. The molecule has 0 radical (unpaired) electrons. The molecule has 4 nitrogen and oxygen atoms in total. The Hall–Kier alpha value is -1.81. The van der Waals surface area contributed by atoms with Crippen LogP contribution in [0.15, 0.2) is 18.2 Å². The smallest absolute Gasteiger partial charge is 0.267 e. The fourth-order valence-corrected chi connectivity index (χ4v) is 3.47. The molecule has 1 amide bonds. The summed E-state index contributed by atoms with van der Waals surface area (Å²) >= 11 is 0. The highest BCUT2D eigenvalue weighted by Crippen LogP contribution is 2.21. The SMILES string of the molecule is Cc1cc(C)c2cc(C(=O)NCC[NH+]3CCCCC3)[nH]c2c1. The van der Waals surface area contributed by atoms with E-state index in [9.17, 15) is 4.79 Å². The van der Waals surface area contributed by atoms with Gasteiger partial charge in [0.1, 0.15) is 5.69 Å². The lowest BCUT2D eigenvalue weighted by Gasteiger charge is -2.23. The number of amides is 1. The van der Waals surface area contributed by atoms with E-state index in [0.717, 1.165) is 24.0 Å². The monoisotopic (exact) mass is 300 g/mol. The number of aryl methyl sites for hydroxylation is 2. The number of carbonyl (C=O) groups is 1.